The number of nitrogens with zero attached hydrogens (tertiary/aromatic N) is 1. The first-order chi connectivity index (χ1) is 12.5. The van der Waals surface area contributed by atoms with E-state index in [-0.39, 0.29) is 23.5 Å². The molecule has 1 aromatic rings. The summed E-state index contributed by atoms with van der Waals surface area (Å²) in [5, 5.41) is 14.7. The quantitative estimate of drug-likeness (QED) is 0.494. The number of aliphatic carboxylic acids is 1. The molecule has 8 heteroatoms. The SMILES string of the molecule is C=CCC1=C(C(=O)O)N2C(=O)C(NC(=O)CNc3ccccc3)[C@@H]2SC1. The molecule has 0 aliphatic carbocycles. The van der Waals surface area contributed by atoms with E-state index in [2.05, 4.69) is 17.2 Å². The van der Waals surface area contributed by atoms with Gasteiger partial charge in [-0.15, -0.1) is 18.3 Å². The minimum atomic E-state index is -1.13. The standard InChI is InChI=1S/C18H19N3O4S/c1-2-6-11-10-26-17-14(16(23)21(17)15(11)18(24)25)20-13(22)9-19-12-7-4-3-5-8-12/h2-5,7-8,14,17,19H,1,6,9-10H2,(H,20,22)(H,24,25)/t14?,17-/m0/s1. The lowest BCUT2D eigenvalue weighted by Crippen LogP contribution is -2.70. The Balaban J connectivity index is 1.62. The van der Waals surface area contributed by atoms with Gasteiger partial charge in [-0.2, -0.15) is 0 Å². The fraction of sp³-hybridized carbons (Fsp3) is 0.278. The number of carbonyl (C=O) groups is 3. The van der Waals surface area contributed by atoms with Gasteiger partial charge in [0.25, 0.3) is 5.91 Å². The molecule has 0 saturated carbocycles. The molecule has 2 atom stereocenters. The highest BCUT2D eigenvalue weighted by Crippen LogP contribution is 2.41. The molecule has 2 aliphatic rings. The van der Waals surface area contributed by atoms with Crippen LogP contribution in [0.3, 0.4) is 0 Å². The molecule has 3 N–H and O–H groups in total. The number of carbonyl (C=O) groups excluding carboxylic acids is 2. The van der Waals surface area contributed by atoms with E-state index in [4.69, 9.17) is 0 Å². The number of β-lactam (4-membered cyclic amide) rings is 1. The number of para-hydroxylation sites is 1. The summed E-state index contributed by atoms with van der Waals surface area (Å²) >= 11 is 1.45. The molecule has 2 aliphatic heterocycles. The average Bonchev–Trinajstić information content (AvgIpc) is 2.65. The molecule has 0 radical (unpaired) electrons. The second kappa shape index (κ2) is 7.65. The Morgan fingerprint density at radius 1 is 1.35 bits per heavy atom. The molecule has 3 rings (SSSR count). The molecular weight excluding hydrogens is 354 g/mol. The van der Waals surface area contributed by atoms with E-state index in [9.17, 15) is 19.5 Å². The van der Waals surface area contributed by atoms with Crippen LogP contribution >= 0.6 is 11.8 Å². The van der Waals surface area contributed by atoms with Crippen LogP contribution in [0.5, 0.6) is 0 Å². The normalized spacial score (nSPS) is 21.5. The predicted molar refractivity (Wildman–Crippen MR) is 99.4 cm³/mol. The van der Waals surface area contributed by atoms with Crippen LogP contribution in [0.15, 0.2) is 54.3 Å². The summed E-state index contributed by atoms with van der Waals surface area (Å²) in [6, 6.07) is 8.56. The average molecular weight is 373 g/mol. The van der Waals surface area contributed by atoms with E-state index < -0.39 is 17.9 Å². The van der Waals surface area contributed by atoms with E-state index >= 15 is 0 Å². The number of thioether (sulfide) groups is 1. The number of rotatable bonds is 7. The molecule has 1 saturated heterocycles. The van der Waals surface area contributed by atoms with Gasteiger partial charge in [-0.05, 0) is 24.1 Å². The Morgan fingerprint density at radius 2 is 2.08 bits per heavy atom. The van der Waals surface area contributed by atoms with Gasteiger partial charge in [0.1, 0.15) is 17.1 Å². The van der Waals surface area contributed by atoms with E-state index in [0.29, 0.717) is 17.7 Å². The third-order valence-corrected chi connectivity index (χ3v) is 5.52. The van der Waals surface area contributed by atoms with E-state index in [1.807, 2.05) is 30.3 Å². The molecule has 0 spiro atoms. The van der Waals surface area contributed by atoms with Gasteiger partial charge in [0.05, 0.1) is 6.54 Å². The summed E-state index contributed by atoms with van der Waals surface area (Å²) in [5.74, 6) is -1.34. The lowest BCUT2D eigenvalue weighted by molar-refractivity contribution is -0.150. The van der Waals surface area contributed by atoms with Gasteiger partial charge >= 0.3 is 5.97 Å². The van der Waals surface area contributed by atoms with Crippen LogP contribution in [-0.4, -0.2) is 51.5 Å². The number of fused-ring (bicyclic) bond motifs is 1. The lowest BCUT2D eigenvalue weighted by atomic mass is 10.0. The van der Waals surface area contributed by atoms with Crippen LogP contribution in [0.2, 0.25) is 0 Å². The van der Waals surface area contributed by atoms with Crippen molar-refractivity contribution >= 4 is 35.2 Å². The molecule has 2 heterocycles. The number of allylic oxidation sites excluding steroid dienone is 1. The highest BCUT2D eigenvalue weighted by atomic mass is 32.2. The Kier molecular flexibility index (Phi) is 5.32. The van der Waals surface area contributed by atoms with Crippen LogP contribution in [0.4, 0.5) is 5.69 Å². The minimum Gasteiger partial charge on any atom is -0.477 e. The smallest absolute Gasteiger partial charge is 0.352 e. The van der Waals surface area contributed by atoms with Crippen molar-refractivity contribution in [2.45, 2.75) is 17.8 Å². The molecule has 0 aromatic heterocycles. The zero-order valence-electron chi connectivity index (χ0n) is 14.0. The Bertz CT molecular complexity index is 778. The summed E-state index contributed by atoms with van der Waals surface area (Å²) in [6.45, 7) is 3.66. The summed E-state index contributed by atoms with van der Waals surface area (Å²) in [7, 11) is 0. The number of benzene rings is 1. The predicted octanol–water partition coefficient (Wildman–Crippen LogP) is 1.41. The zero-order valence-corrected chi connectivity index (χ0v) is 14.8. The topological polar surface area (TPSA) is 98.7 Å². The van der Waals surface area contributed by atoms with Crippen molar-refractivity contribution < 1.29 is 19.5 Å². The zero-order chi connectivity index (χ0) is 18.7. The van der Waals surface area contributed by atoms with Crippen molar-refractivity contribution in [1.29, 1.82) is 0 Å². The van der Waals surface area contributed by atoms with Crippen LogP contribution in [0.1, 0.15) is 6.42 Å². The van der Waals surface area contributed by atoms with Gasteiger partial charge in [0, 0.05) is 11.4 Å². The summed E-state index contributed by atoms with van der Waals surface area (Å²) in [6.07, 6.45) is 2.04. The number of carboxylic acids is 1. The second-order valence-corrected chi connectivity index (χ2v) is 7.03. The molecule has 0 bridgehead atoms. The van der Waals surface area contributed by atoms with Crippen molar-refractivity contribution in [1.82, 2.24) is 10.2 Å². The molecule has 26 heavy (non-hydrogen) atoms. The summed E-state index contributed by atoms with van der Waals surface area (Å²) in [4.78, 5) is 37.4. The Labute approximate surface area is 155 Å². The van der Waals surface area contributed by atoms with Crippen LogP contribution in [-0.2, 0) is 14.4 Å². The third kappa shape index (κ3) is 3.45. The molecule has 1 fully saturated rings. The van der Waals surface area contributed by atoms with E-state index in [0.717, 1.165) is 5.69 Å². The van der Waals surface area contributed by atoms with Crippen LogP contribution in [0.25, 0.3) is 0 Å². The van der Waals surface area contributed by atoms with Crippen molar-refractivity contribution in [3.05, 3.63) is 54.3 Å². The van der Waals surface area contributed by atoms with E-state index in [1.54, 1.807) is 6.08 Å². The number of amides is 2. The molecule has 2 amide bonds. The fourth-order valence-corrected chi connectivity index (χ4v) is 4.34. The second-order valence-electron chi connectivity index (χ2n) is 5.92. The molecule has 1 unspecified atom stereocenters. The monoisotopic (exact) mass is 373 g/mol. The molecular formula is C18H19N3O4S. The number of nitrogens with one attached hydrogen (secondary N) is 2. The highest BCUT2D eigenvalue weighted by Gasteiger charge is 2.53. The van der Waals surface area contributed by atoms with Crippen molar-refractivity contribution in [2.75, 3.05) is 17.6 Å². The number of anilines is 1. The summed E-state index contributed by atoms with van der Waals surface area (Å²) in [5.41, 5.74) is 1.49. The van der Waals surface area contributed by atoms with Crippen molar-refractivity contribution in [2.24, 2.45) is 0 Å². The van der Waals surface area contributed by atoms with Gasteiger partial charge in [-0.3, -0.25) is 14.5 Å². The van der Waals surface area contributed by atoms with Gasteiger partial charge in [-0.25, -0.2) is 4.79 Å². The number of hydrogen-bond donors (Lipinski definition) is 3. The molecule has 136 valence electrons. The van der Waals surface area contributed by atoms with Crippen LogP contribution in [0, 0.1) is 0 Å². The first-order valence-corrected chi connectivity index (χ1v) is 9.17. The number of carboxylic acid groups (broad SMARTS) is 1. The van der Waals surface area contributed by atoms with Gasteiger partial charge < -0.3 is 15.7 Å². The first-order valence-electron chi connectivity index (χ1n) is 8.12. The van der Waals surface area contributed by atoms with Gasteiger partial charge in [0.2, 0.25) is 5.91 Å². The van der Waals surface area contributed by atoms with Gasteiger partial charge in [0.15, 0.2) is 0 Å². The van der Waals surface area contributed by atoms with E-state index in [1.165, 1.54) is 16.7 Å². The maximum atomic E-state index is 12.4. The number of hydrogen-bond acceptors (Lipinski definition) is 5. The van der Waals surface area contributed by atoms with Crippen LogP contribution < -0.4 is 10.6 Å². The molecule has 7 nitrogen and oxygen atoms in total. The minimum absolute atomic E-state index is 0.0200. The Hall–Kier alpha value is -2.74. The third-order valence-electron chi connectivity index (χ3n) is 4.18. The van der Waals surface area contributed by atoms with Gasteiger partial charge in [-0.1, -0.05) is 24.3 Å². The first kappa shape index (κ1) is 18.1. The fourth-order valence-electron chi connectivity index (χ4n) is 2.98. The highest BCUT2D eigenvalue weighted by molar-refractivity contribution is 8.00. The van der Waals surface area contributed by atoms with Crippen molar-refractivity contribution in [3.8, 4) is 0 Å². The summed E-state index contributed by atoms with van der Waals surface area (Å²) < 4.78 is 0. The Morgan fingerprint density at radius 3 is 2.73 bits per heavy atom. The largest absolute Gasteiger partial charge is 0.477 e. The lowest BCUT2D eigenvalue weighted by Gasteiger charge is -2.49. The van der Waals surface area contributed by atoms with Crippen molar-refractivity contribution in [3.63, 3.8) is 0 Å². The maximum absolute atomic E-state index is 12.4. The molecule has 1 aromatic carbocycles. The maximum Gasteiger partial charge on any atom is 0.352 e.